The Balaban J connectivity index is 2.75. The van der Waals surface area contributed by atoms with E-state index in [-0.39, 0.29) is 24.5 Å². The second kappa shape index (κ2) is 6.17. The number of ether oxygens (including phenoxy) is 1. The van der Waals surface area contributed by atoms with E-state index in [1.807, 2.05) is 0 Å². The van der Waals surface area contributed by atoms with Crippen molar-refractivity contribution >= 4 is 11.6 Å². The lowest BCUT2D eigenvalue weighted by molar-refractivity contribution is 0.0836. The molecule has 0 aliphatic heterocycles. The van der Waals surface area contributed by atoms with Gasteiger partial charge in [0.05, 0.1) is 24.8 Å². The number of rotatable bonds is 5. The Morgan fingerprint density at radius 1 is 1.65 bits per heavy atom. The third-order valence-electron chi connectivity index (χ3n) is 2.16. The van der Waals surface area contributed by atoms with Gasteiger partial charge in [-0.3, -0.25) is 4.79 Å². The SMILES string of the molecule is COCC(CO)NC(=O)c1ccc(N)cc1F. The second-order valence-corrected chi connectivity index (χ2v) is 3.55. The molecule has 5 nitrogen and oxygen atoms in total. The van der Waals surface area contributed by atoms with E-state index in [0.717, 1.165) is 6.07 Å². The van der Waals surface area contributed by atoms with Gasteiger partial charge in [0.15, 0.2) is 0 Å². The molecular formula is C11H15FN2O3. The summed E-state index contributed by atoms with van der Waals surface area (Å²) in [5.41, 5.74) is 5.50. The van der Waals surface area contributed by atoms with Crippen LogP contribution in [0.2, 0.25) is 0 Å². The highest BCUT2D eigenvalue weighted by molar-refractivity contribution is 5.95. The van der Waals surface area contributed by atoms with Gasteiger partial charge in [0.2, 0.25) is 0 Å². The van der Waals surface area contributed by atoms with Crippen LogP contribution in [0.15, 0.2) is 18.2 Å². The van der Waals surface area contributed by atoms with Crippen LogP contribution in [0.1, 0.15) is 10.4 Å². The fraction of sp³-hybridized carbons (Fsp3) is 0.364. The van der Waals surface area contributed by atoms with E-state index in [4.69, 9.17) is 15.6 Å². The Morgan fingerprint density at radius 2 is 2.35 bits per heavy atom. The van der Waals surface area contributed by atoms with Crippen molar-refractivity contribution in [3.63, 3.8) is 0 Å². The number of aliphatic hydroxyl groups excluding tert-OH is 1. The van der Waals surface area contributed by atoms with Crippen LogP contribution >= 0.6 is 0 Å². The van der Waals surface area contributed by atoms with Gasteiger partial charge in [0, 0.05) is 12.8 Å². The van der Waals surface area contributed by atoms with Crippen molar-refractivity contribution in [3.05, 3.63) is 29.6 Å². The van der Waals surface area contributed by atoms with E-state index >= 15 is 0 Å². The van der Waals surface area contributed by atoms with Crippen molar-refractivity contribution in [3.8, 4) is 0 Å². The fourth-order valence-corrected chi connectivity index (χ4v) is 1.32. The summed E-state index contributed by atoms with van der Waals surface area (Å²) in [5.74, 6) is -1.31. The first-order valence-corrected chi connectivity index (χ1v) is 5.04. The molecule has 0 spiro atoms. The number of nitrogens with two attached hydrogens (primary N) is 1. The predicted molar refractivity (Wildman–Crippen MR) is 61.0 cm³/mol. The van der Waals surface area contributed by atoms with Gasteiger partial charge < -0.3 is 20.9 Å². The van der Waals surface area contributed by atoms with E-state index in [9.17, 15) is 9.18 Å². The number of carbonyl (C=O) groups excluding carboxylic acids is 1. The molecule has 4 N–H and O–H groups in total. The molecule has 6 heteroatoms. The van der Waals surface area contributed by atoms with Crippen LogP contribution in [0.4, 0.5) is 10.1 Å². The summed E-state index contributed by atoms with van der Waals surface area (Å²) in [6, 6.07) is 3.23. The number of halogens is 1. The lowest BCUT2D eigenvalue weighted by Gasteiger charge is -2.15. The lowest BCUT2D eigenvalue weighted by Crippen LogP contribution is -2.40. The molecule has 1 rings (SSSR count). The number of hydrogen-bond acceptors (Lipinski definition) is 4. The minimum Gasteiger partial charge on any atom is -0.399 e. The maximum atomic E-state index is 13.4. The molecule has 94 valence electrons. The van der Waals surface area contributed by atoms with Crippen LogP contribution in [0.25, 0.3) is 0 Å². The topological polar surface area (TPSA) is 84.6 Å². The van der Waals surface area contributed by atoms with Crippen molar-refractivity contribution in [2.75, 3.05) is 26.1 Å². The Labute approximate surface area is 98.4 Å². The molecule has 0 aromatic heterocycles. The molecule has 1 atom stereocenters. The molecule has 1 aromatic carbocycles. The van der Waals surface area contributed by atoms with Crippen LogP contribution in [0, 0.1) is 5.82 Å². The first-order chi connectivity index (χ1) is 8.08. The number of anilines is 1. The standard InChI is InChI=1S/C11H15FN2O3/c1-17-6-8(5-15)14-11(16)9-3-2-7(13)4-10(9)12/h2-4,8,15H,5-6,13H2,1H3,(H,14,16). The lowest BCUT2D eigenvalue weighted by atomic mass is 10.1. The van der Waals surface area contributed by atoms with E-state index < -0.39 is 17.8 Å². The highest BCUT2D eigenvalue weighted by atomic mass is 19.1. The van der Waals surface area contributed by atoms with Crippen LogP contribution in [-0.2, 0) is 4.74 Å². The quantitative estimate of drug-likeness (QED) is 0.641. The van der Waals surface area contributed by atoms with E-state index in [0.29, 0.717) is 0 Å². The molecule has 1 unspecified atom stereocenters. The Hall–Kier alpha value is -1.66. The monoisotopic (exact) mass is 242 g/mol. The second-order valence-electron chi connectivity index (χ2n) is 3.55. The Morgan fingerprint density at radius 3 is 2.88 bits per heavy atom. The number of nitrogens with one attached hydrogen (secondary N) is 1. The molecule has 0 saturated heterocycles. The summed E-state index contributed by atoms with van der Waals surface area (Å²) < 4.78 is 18.2. The normalized spacial score (nSPS) is 12.2. The molecule has 0 heterocycles. The van der Waals surface area contributed by atoms with Gasteiger partial charge in [-0.25, -0.2) is 4.39 Å². The first-order valence-electron chi connectivity index (χ1n) is 5.04. The average molecular weight is 242 g/mol. The third-order valence-corrected chi connectivity index (χ3v) is 2.16. The van der Waals surface area contributed by atoms with Gasteiger partial charge in [0.1, 0.15) is 5.82 Å². The molecule has 0 aliphatic rings. The number of benzene rings is 1. The summed E-state index contributed by atoms with van der Waals surface area (Å²) in [4.78, 5) is 11.7. The summed E-state index contributed by atoms with van der Waals surface area (Å²) in [5, 5.41) is 11.4. The zero-order valence-electron chi connectivity index (χ0n) is 9.44. The Bertz CT molecular complexity index is 398. The summed E-state index contributed by atoms with van der Waals surface area (Å²) >= 11 is 0. The molecule has 0 fully saturated rings. The van der Waals surface area contributed by atoms with Crippen molar-refractivity contribution in [1.82, 2.24) is 5.32 Å². The number of amides is 1. The summed E-state index contributed by atoms with van der Waals surface area (Å²) in [6.45, 7) is -0.130. The molecule has 0 radical (unpaired) electrons. The average Bonchev–Trinajstić information content (AvgIpc) is 2.28. The summed E-state index contributed by atoms with van der Waals surface area (Å²) in [6.07, 6.45) is 0. The van der Waals surface area contributed by atoms with Crippen molar-refractivity contribution in [2.24, 2.45) is 0 Å². The largest absolute Gasteiger partial charge is 0.399 e. The summed E-state index contributed by atoms with van der Waals surface area (Å²) in [7, 11) is 1.44. The maximum absolute atomic E-state index is 13.4. The van der Waals surface area contributed by atoms with Crippen molar-refractivity contribution in [2.45, 2.75) is 6.04 Å². The Kier molecular flexibility index (Phi) is 4.86. The van der Waals surface area contributed by atoms with Crippen LogP contribution in [0.5, 0.6) is 0 Å². The number of nitrogen functional groups attached to an aromatic ring is 1. The molecule has 17 heavy (non-hydrogen) atoms. The zero-order chi connectivity index (χ0) is 12.8. The van der Waals surface area contributed by atoms with E-state index in [2.05, 4.69) is 5.32 Å². The van der Waals surface area contributed by atoms with Gasteiger partial charge in [-0.15, -0.1) is 0 Å². The number of carbonyl (C=O) groups is 1. The van der Waals surface area contributed by atoms with E-state index in [1.54, 1.807) is 0 Å². The van der Waals surface area contributed by atoms with Gasteiger partial charge >= 0.3 is 0 Å². The number of aliphatic hydroxyl groups is 1. The minimum absolute atomic E-state index is 0.117. The molecule has 0 bridgehead atoms. The van der Waals surface area contributed by atoms with Crippen LogP contribution in [0.3, 0.4) is 0 Å². The number of hydrogen-bond donors (Lipinski definition) is 3. The zero-order valence-corrected chi connectivity index (χ0v) is 9.44. The molecule has 1 amide bonds. The van der Waals surface area contributed by atoms with Crippen molar-refractivity contribution in [1.29, 1.82) is 0 Å². The van der Waals surface area contributed by atoms with Gasteiger partial charge in [-0.05, 0) is 18.2 Å². The van der Waals surface area contributed by atoms with Gasteiger partial charge in [0.25, 0.3) is 5.91 Å². The maximum Gasteiger partial charge on any atom is 0.254 e. The van der Waals surface area contributed by atoms with Gasteiger partial charge in [-0.1, -0.05) is 0 Å². The number of methoxy groups -OCH3 is 1. The van der Waals surface area contributed by atoms with Crippen LogP contribution < -0.4 is 11.1 Å². The van der Waals surface area contributed by atoms with Gasteiger partial charge in [-0.2, -0.15) is 0 Å². The highest BCUT2D eigenvalue weighted by Crippen LogP contribution is 2.11. The molecule has 0 aliphatic carbocycles. The molecule has 1 aromatic rings. The third kappa shape index (κ3) is 3.69. The highest BCUT2D eigenvalue weighted by Gasteiger charge is 2.16. The van der Waals surface area contributed by atoms with Crippen LogP contribution in [-0.4, -0.2) is 37.4 Å². The molecule has 0 saturated carbocycles. The van der Waals surface area contributed by atoms with E-state index in [1.165, 1.54) is 19.2 Å². The first kappa shape index (κ1) is 13.4. The smallest absolute Gasteiger partial charge is 0.254 e. The van der Waals surface area contributed by atoms with Crippen molar-refractivity contribution < 1.29 is 19.0 Å². The molecular weight excluding hydrogens is 227 g/mol. The fourth-order valence-electron chi connectivity index (χ4n) is 1.32. The minimum atomic E-state index is -0.698. The predicted octanol–water partition coefficient (Wildman–Crippen LogP) is 0.145.